The third-order valence-electron chi connectivity index (χ3n) is 2.55. The molecule has 0 aromatic heterocycles. The Kier molecular flexibility index (Phi) is 5.89. The molecule has 0 heterocycles. The number of hydrogen-bond donors (Lipinski definition) is 2. The number of rotatable bonds is 6. The molecule has 2 N–H and O–H groups in total. The smallest absolute Gasteiger partial charge is 0.247 e. The Labute approximate surface area is 112 Å². The molecule has 5 nitrogen and oxygen atoms in total. The Hall–Kier alpha value is -2.01. The second-order valence-electron chi connectivity index (χ2n) is 3.92. The van der Waals surface area contributed by atoms with Crippen LogP contribution in [0.5, 0.6) is 11.5 Å². The molecule has 0 spiro atoms. The number of ether oxygens (including phenoxy) is 2. The van der Waals surface area contributed by atoms with Crippen LogP contribution >= 0.6 is 0 Å². The summed E-state index contributed by atoms with van der Waals surface area (Å²) in [6, 6.07) is 5.41. The molecule has 0 fully saturated rings. The van der Waals surface area contributed by atoms with Crippen molar-refractivity contribution >= 4 is 12.0 Å². The lowest BCUT2D eigenvalue weighted by molar-refractivity contribution is -0.117. The number of carbonyl (C=O) groups is 1. The van der Waals surface area contributed by atoms with Gasteiger partial charge in [-0.05, 0) is 30.7 Å². The van der Waals surface area contributed by atoms with E-state index in [-0.39, 0.29) is 19.1 Å². The molecule has 0 atom stereocenters. The Morgan fingerprint density at radius 3 is 2.58 bits per heavy atom. The van der Waals surface area contributed by atoms with Gasteiger partial charge in [0, 0.05) is 12.1 Å². The average molecular weight is 265 g/mol. The highest BCUT2D eigenvalue weighted by molar-refractivity contribution is 5.97. The molecular formula is C14H19NO4. The molecule has 1 aromatic rings. The SMILES string of the molecule is COc1ccc(/C=C(\C)C(=O)NCCO)cc1OC. The highest BCUT2D eigenvalue weighted by Crippen LogP contribution is 2.28. The third-order valence-corrected chi connectivity index (χ3v) is 2.55. The van der Waals surface area contributed by atoms with E-state index in [1.165, 1.54) is 0 Å². The summed E-state index contributed by atoms with van der Waals surface area (Å²) in [6.07, 6.45) is 1.74. The summed E-state index contributed by atoms with van der Waals surface area (Å²) in [6.45, 7) is 1.88. The lowest BCUT2D eigenvalue weighted by Gasteiger charge is -2.08. The highest BCUT2D eigenvalue weighted by atomic mass is 16.5. The molecule has 1 rings (SSSR count). The predicted molar refractivity (Wildman–Crippen MR) is 73.3 cm³/mol. The number of aliphatic hydroxyl groups excluding tert-OH is 1. The maximum atomic E-state index is 11.6. The van der Waals surface area contributed by atoms with Gasteiger partial charge in [0.15, 0.2) is 11.5 Å². The Morgan fingerprint density at radius 1 is 1.32 bits per heavy atom. The summed E-state index contributed by atoms with van der Waals surface area (Å²) in [7, 11) is 3.13. The predicted octanol–water partition coefficient (Wildman–Crippen LogP) is 1.22. The second kappa shape index (κ2) is 7.43. The minimum absolute atomic E-state index is 0.0740. The van der Waals surface area contributed by atoms with Gasteiger partial charge in [-0.3, -0.25) is 4.79 Å². The summed E-state index contributed by atoms with van der Waals surface area (Å²) in [5, 5.41) is 11.2. The van der Waals surface area contributed by atoms with E-state index < -0.39 is 0 Å². The number of methoxy groups -OCH3 is 2. The molecule has 104 valence electrons. The van der Waals surface area contributed by atoms with Crippen LogP contribution in [0.15, 0.2) is 23.8 Å². The molecule has 19 heavy (non-hydrogen) atoms. The van der Waals surface area contributed by atoms with Gasteiger partial charge < -0.3 is 19.9 Å². The van der Waals surface area contributed by atoms with E-state index in [4.69, 9.17) is 14.6 Å². The van der Waals surface area contributed by atoms with E-state index in [0.29, 0.717) is 17.1 Å². The maximum Gasteiger partial charge on any atom is 0.247 e. The number of nitrogens with one attached hydrogen (secondary N) is 1. The number of benzene rings is 1. The fraction of sp³-hybridized carbons (Fsp3) is 0.357. The zero-order valence-electron chi connectivity index (χ0n) is 11.4. The molecule has 0 aliphatic carbocycles. The molecule has 0 aliphatic rings. The first-order chi connectivity index (χ1) is 9.12. The first-order valence-electron chi connectivity index (χ1n) is 5.91. The Balaban J connectivity index is 2.88. The van der Waals surface area contributed by atoms with Crippen LogP contribution in [0.4, 0.5) is 0 Å². The molecule has 0 saturated heterocycles. The molecule has 0 aliphatic heterocycles. The largest absolute Gasteiger partial charge is 0.493 e. The van der Waals surface area contributed by atoms with Gasteiger partial charge in [-0.2, -0.15) is 0 Å². The number of carbonyl (C=O) groups excluding carboxylic acids is 1. The first-order valence-corrected chi connectivity index (χ1v) is 5.91. The molecule has 0 unspecified atom stereocenters. The monoisotopic (exact) mass is 265 g/mol. The van der Waals surface area contributed by atoms with Crippen LogP contribution in [0.1, 0.15) is 12.5 Å². The fourth-order valence-corrected chi connectivity index (χ4v) is 1.57. The van der Waals surface area contributed by atoms with Crippen molar-refractivity contribution in [3.8, 4) is 11.5 Å². The summed E-state index contributed by atoms with van der Waals surface area (Å²) in [4.78, 5) is 11.6. The highest BCUT2D eigenvalue weighted by Gasteiger charge is 2.06. The summed E-state index contributed by atoms with van der Waals surface area (Å²) < 4.78 is 10.3. The van der Waals surface area contributed by atoms with Crippen LogP contribution in [0.3, 0.4) is 0 Å². The van der Waals surface area contributed by atoms with Crippen molar-refractivity contribution in [2.45, 2.75) is 6.92 Å². The average Bonchev–Trinajstić information content (AvgIpc) is 2.44. The number of hydrogen-bond acceptors (Lipinski definition) is 4. The topological polar surface area (TPSA) is 67.8 Å². The van der Waals surface area contributed by atoms with Crippen molar-refractivity contribution in [3.63, 3.8) is 0 Å². The summed E-state index contributed by atoms with van der Waals surface area (Å²) in [5.41, 5.74) is 1.40. The van der Waals surface area contributed by atoms with Gasteiger partial charge in [0.05, 0.1) is 20.8 Å². The van der Waals surface area contributed by atoms with E-state index in [1.54, 1.807) is 39.4 Å². The van der Waals surface area contributed by atoms with Crippen LogP contribution in [0, 0.1) is 0 Å². The van der Waals surface area contributed by atoms with Crippen LogP contribution < -0.4 is 14.8 Å². The minimum Gasteiger partial charge on any atom is -0.493 e. The maximum absolute atomic E-state index is 11.6. The van der Waals surface area contributed by atoms with E-state index in [9.17, 15) is 4.79 Å². The van der Waals surface area contributed by atoms with Crippen molar-refractivity contribution < 1.29 is 19.4 Å². The molecule has 0 saturated carbocycles. The van der Waals surface area contributed by atoms with Crippen molar-refractivity contribution in [2.24, 2.45) is 0 Å². The molecule has 0 bridgehead atoms. The van der Waals surface area contributed by atoms with Crippen LogP contribution in [0.2, 0.25) is 0 Å². The van der Waals surface area contributed by atoms with E-state index in [1.807, 2.05) is 6.07 Å². The van der Waals surface area contributed by atoms with E-state index in [0.717, 1.165) is 5.56 Å². The molecule has 1 aromatic carbocycles. The van der Waals surface area contributed by atoms with Crippen LogP contribution in [-0.2, 0) is 4.79 Å². The second-order valence-corrected chi connectivity index (χ2v) is 3.92. The van der Waals surface area contributed by atoms with E-state index >= 15 is 0 Å². The minimum atomic E-state index is -0.205. The van der Waals surface area contributed by atoms with Crippen LogP contribution in [0.25, 0.3) is 6.08 Å². The Morgan fingerprint density at radius 2 is 2.00 bits per heavy atom. The molecule has 1 amide bonds. The molecular weight excluding hydrogens is 246 g/mol. The van der Waals surface area contributed by atoms with Crippen LogP contribution in [-0.4, -0.2) is 38.4 Å². The van der Waals surface area contributed by atoms with Gasteiger partial charge in [-0.15, -0.1) is 0 Å². The first kappa shape index (κ1) is 15.0. The van der Waals surface area contributed by atoms with Crippen molar-refractivity contribution in [2.75, 3.05) is 27.4 Å². The number of aliphatic hydroxyl groups is 1. The lowest BCUT2D eigenvalue weighted by atomic mass is 10.1. The molecule has 0 radical (unpaired) electrons. The van der Waals surface area contributed by atoms with Gasteiger partial charge in [0.2, 0.25) is 5.91 Å². The normalized spacial score (nSPS) is 11.1. The zero-order chi connectivity index (χ0) is 14.3. The van der Waals surface area contributed by atoms with Gasteiger partial charge in [0.1, 0.15) is 0 Å². The van der Waals surface area contributed by atoms with Gasteiger partial charge in [0.25, 0.3) is 0 Å². The fourth-order valence-electron chi connectivity index (χ4n) is 1.57. The quantitative estimate of drug-likeness (QED) is 0.759. The van der Waals surface area contributed by atoms with Gasteiger partial charge in [-0.25, -0.2) is 0 Å². The van der Waals surface area contributed by atoms with Crippen molar-refractivity contribution in [1.82, 2.24) is 5.32 Å². The lowest BCUT2D eigenvalue weighted by Crippen LogP contribution is -2.26. The summed E-state index contributed by atoms with van der Waals surface area (Å²) in [5.74, 6) is 1.05. The molecule has 5 heteroatoms. The number of amides is 1. The van der Waals surface area contributed by atoms with E-state index in [2.05, 4.69) is 5.32 Å². The zero-order valence-corrected chi connectivity index (χ0v) is 11.4. The van der Waals surface area contributed by atoms with Gasteiger partial charge >= 0.3 is 0 Å². The standard InChI is InChI=1S/C14H19NO4/c1-10(14(17)15-6-7-16)8-11-4-5-12(18-2)13(9-11)19-3/h4-5,8-9,16H,6-7H2,1-3H3,(H,15,17)/b10-8+. The van der Waals surface area contributed by atoms with Crippen molar-refractivity contribution in [3.05, 3.63) is 29.3 Å². The van der Waals surface area contributed by atoms with Gasteiger partial charge in [-0.1, -0.05) is 6.07 Å². The van der Waals surface area contributed by atoms with Crippen molar-refractivity contribution in [1.29, 1.82) is 0 Å². The Bertz CT molecular complexity index is 469. The summed E-state index contributed by atoms with van der Waals surface area (Å²) >= 11 is 0. The third kappa shape index (κ3) is 4.30.